The van der Waals surface area contributed by atoms with Gasteiger partial charge < -0.3 is 10.2 Å². The van der Waals surface area contributed by atoms with Gasteiger partial charge in [0.05, 0.1) is 5.69 Å². The van der Waals surface area contributed by atoms with E-state index < -0.39 is 0 Å². The normalized spacial score (nSPS) is 10.2. The molecule has 2 aromatic carbocycles. The van der Waals surface area contributed by atoms with Crippen molar-refractivity contribution in [3.05, 3.63) is 59.4 Å². The van der Waals surface area contributed by atoms with E-state index >= 15 is 0 Å². The van der Waals surface area contributed by atoms with Crippen LogP contribution in [-0.4, -0.2) is 35.8 Å². The number of phenols is 2. The smallest absolute Gasteiger partial charge is 0.135 e. The molecule has 132 valence electrons. The second-order valence-corrected chi connectivity index (χ2v) is 6.68. The van der Waals surface area contributed by atoms with Gasteiger partial charge in [0.1, 0.15) is 22.8 Å². The third kappa shape index (κ3) is 3.86. The average Bonchev–Trinajstić information content (AvgIpc) is 3.29. The first-order valence-electron chi connectivity index (χ1n) is 7.79. The minimum absolute atomic E-state index is 0.174. The van der Waals surface area contributed by atoms with Crippen LogP contribution in [0.5, 0.6) is 11.5 Å². The van der Waals surface area contributed by atoms with Crippen LogP contribution in [0, 0.1) is 13.8 Å². The number of hydrogen-bond donors (Lipinski definition) is 3. The number of nitrogens with one attached hydrogen (secondary N) is 1. The molecule has 0 saturated heterocycles. The van der Waals surface area contributed by atoms with Crippen molar-refractivity contribution < 1.29 is 10.2 Å². The Kier molecular flexibility index (Phi) is 5.23. The molecule has 2 aromatic heterocycles. The van der Waals surface area contributed by atoms with Crippen molar-refractivity contribution in [3.8, 4) is 33.2 Å². The minimum Gasteiger partial charge on any atom is -0.508 e. The van der Waals surface area contributed by atoms with Crippen LogP contribution in [0.4, 0.5) is 0 Å². The lowest BCUT2D eigenvalue weighted by atomic mass is 9.98. The molecule has 0 saturated carbocycles. The second kappa shape index (κ2) is 7.75. The number of aromatic amines is 1. The topological polar surface area (TPSA) is 108 Å². The fourth-order valence-electron chi connectivity index (χ4n) is 2.40. The maximum atomic E-state index is 10.3. The Morgan fingerprint density at radius 3 is 2.42 bits per heavy atom. The molecule has 4 rings (SSSR count). The van der Waals surface area contributed by atoms with Crippen molar-refractivity contribution in [1.29, 1.82) is 0 Å². The molecule has 0 amide bonds. The Hall–Kier alpha value is -3.26. The Balaban J connectivity index is 0.000000339. The number of nitrogens with zero attached hydrogens (tertiary/aromatic N) is 4. The summed E-state index contributed by atoms with van der Waals surface area (Å²) in [6.07, 6.45) is 1.40. The van der Waals surface area contributed by atoms with Crippen LogP contribution in [0.15, 0.2) is 48.8 Å². The highest BCUT2D eigenvalue weighted by Gasteiger charge is 2.15. The van der Waals surface area contributed by atoms with Crippen LogP contribution in [0.3, 0.4) is 0 Å². The number of benzene rings is 2. The Morgan fingerprint density at radius 2 is 1.85 bits per heavy atom. The Labute approximate surface area is 154 Å². The van der Waals surface area contributed by atoms with Crippen molar-refractivity contribution in [1.82, 2.24) is 25.6 Å². The highest BCUT2D eigenvalue weighted by atomic mass is 32.1. The average molecular weight is 367 g/mol. The molecule has 0 unspecified atom stereocenters. The first-order chi connectivity index (χ1) is 12.6. The number of H-pyrrole nitrogens is 1. The van der Waals surface area contributed by atoms with Crippen molar-refractivity contribution in [2.45, 2.75) is 13.8 Å². The van der Waals surface area contributed by atoms with Gasteiger partial charge in [0.2, 0.25) is 0 Å². The van der Waals surface area contributed by atoms with Crippen LogP contribution in [0.2, 0.25) is 0 Å². The maximum Gasteiger partial charge on any atom is 0.135 e. The van der Waals surface area contributed by atoms with Crippen LogP contribution in [0.25, 0.3) is 21.7 Å². The van der Waals surface area contributed by atoms with E-state index in [1.54, 1.807) is 35.6 Å². The molecule has 4 aromatic rings. The van der Waals surface area contributed by atoms with Gasteiger partial charge in [0.15, 0.2) is 0 Å². The standard InChI is InChI=1S/C17H15NO2S.CH2N4/c1-10-11(2)21-17(18-10)14-7-4-8-15(20)16(14)12-5-3-6-13(19)9-12;1-2-4-5-3-1/h3-9,19-20H,1-2H3;1H,(H,2,3,4,5). The summed E-state index contributed by atoms with van der Waals surface area (Å²) in [6.45, 7) is 4.01. The van der Waals surface area contributed by atoms with Crippen molar-refractivity contribution in [3.63, 3.8) is 0 Å². The third-order valence-electron chi connectivity index (χ3n) is 3.71. The van der Waals surface area contributed by atoms with Crippen molar-refractivity contribution >= 4 is 11.3 Å². The van der Waals surface area contributed by atoms with Gasteiger partial charge in [-0.1, -0.05) is 24.3 Å². The molecule has 0 aliphatic carbocycles. The quantitative estimate of drug-likeness (QED) is 0.498. The molecule has 8 heteroatoms. The van der Waals surface area contributed by atoms with Gasteiger partial charge in [-0.2, -0.15) is 0 Å². The van der Waals surface area contributed by atoms with E-state index in [-0.39, 0.29) is 11.5 Å². The number of tetrazole rings is 1. The second-order valence-electron chi connectivity index (χ2n) is 5.47. The molecule has 0 spiro atoms. The predicted octanol–water partition coefficient (Wildman–Crippen LogP) is 3.70. The van der Waals surface area contributed by atoms with E-state index in [2.05, 4.69) is 25.6 Å². The predicted molar refractivity (Wildman–Crippen MR) is 100.0 cm³/mol. The van der Waals surface area contributed by atoms with Crippen LogP contribution in [0.1, 0.15) is 10.6 Å². The molecule has 0 radical (unpaired) electrons. The number of rotatable bonds is 2. The van der Waals surface area contributed by atoms with Gasteiger partial charge >= 0.3 is 0 Å². The molecule has 0 bridgehead atoms. The van der Waals surface area contributed by atoms with Gasteiger partial charge in [0, 0.05) is 16.0 Å². The summed E-state index contributed by atoms with van der Waals surface area (Å²) in [5.74, 6) is 0.358. The lowest BCUT2D eigenvalue weighted by Crippen LogP contribution is -1.86. The van der Waals surface area contributed by atoms with E-state index in [1.807, 2.05) is 32.0 Å². The Bertz CT molecular complexity index is 962. The molecular weight excluding hydrogens is 350 g/mol. The van der Waals surface area contributed by atoms with Gasteiger partial charge in [-0.25, -0.2) is 10.1 Å². The van der Waals surface area contributed by atoms with Gasteiger partial charge in [-0.05, 0) is 48.0 Å². The first-order valence-corrected chi connectivity index (χ1v) is 8.61. The van der Waals surface area contributed by atoms with Gasteiger partial charge in [0.25, 0.3) is 0 Å². The van der Waals surface area contributed by atoms with Crippen molar-refractivity contribution in [2.24, 2.45) is 0 Å². The number of aromatic hydroxyl groups is 2. The molecule has 0 aliphatic heterocycles. The maximum absolute atomic E-state index is 10.3. The summed E-state index contributed by atoms with van der Waals surface area (Å²) in [5, 5.41) is 32.9. The number of thiazole rings is 1. The lowest BCUT2D eigenvalue weighted by Gasteiger charge is -2.10. The third-order valence-corrected chi connectivity index (χ3v) is 4.81. The first kappa shape index (κ1) is 17.6. The molecule has 0 aliphatic rings. The lowest BCUT2D eigenvalue weighted by molar-refractivity contribution is 0.474. The fourth-order valence-corrected chi connectivity index (χ4v) is 3.35. The molecular formula is C18H17N5O2S. The zero-order valence-electron chi connectivity index (χ0n) is 14.2. The SMILES string of the molecule is Cc1nc(-c2cccc(O)c2-c2cccc(O)c2)sc1C.c1nnn[nH]1. The van der Waals surface area contributed by atoms with E-state index in [9.17, 15) is 10.2 Å². The number of aryl methyl sites for hydroxylation is 2. The fraction of sp³-hybridized carbons (Fsp3) is 0.111. The molecule has 3 N–H and O–H groups in total. The monoisotopic (exact) mass is 367 g/mol. The summed E-state index contributed by atoms with van der Waals surface area (Å²) in [5.41, 5.74) is 3.35. The number of hydrogen-bond acceptors (Lipinski definition) is 7. The summed E-state index contributed by atoms with van der Waals surface area (Å²) in [7, 11) is 0. The molecule has 26 heavy (non-hydrogen) atoms. The highest BCUT2D eigenvalue weighted by molar-refractivity contribution is 7.15. The van der Waals surface area contributed by atoms with E-state index in [4.69, 9.17) is 0 Å². The van der Waals surface area contributed by atoms with Crippen LogP contribution in [-0.2, 0) is 0 Å². The molecule has 2 heterocycles. The number of aromatic nitrogens is 5. The summed E-state index contributed by atoms with van der Waals surface area (Å²) in [4.78, 5) is 5.74. The molecule has 7 nitrogen and oxygen atoms in total. The highest BCUT2D eigenvalue weighted by Crippen LogP contribution is 2.41. The summed E-state index contributed by atoms with van der Waals surface area (Å²) >= 11 is 1.60. The zero-order chi connectivity index (χ0) is 18.5. The van der Waals surface area contributed by atoms with Crippen LogP contribution >= 0.6 is 11.3 Å². The van der Waals surface area contributed by atoms with Crippen molar-refractivity contribution in [2.75, 3.05) is 0 Å². The molecule has 0 fully saturated rings. The summed E-state index contributed by atoms with van der Waals surface area (Å²) < 4.78 is 0. The minimum atomic E-state index is 0.174. The van der Waals surface area contributed by atoms with Gasteiger partial charge in [-0.15, -0.1) is 16.4 Å². The van der Waals surface area contributed by atoms with E-state index in [1.165, 1.54) is 6.33 Å². The zero-order valence-corrected chi connectivity index (χ0v) is 15.0. The summed E-state index contributed by atoms with van der Waals surface area (Å²) in [6, 6.07) is 12.3. The number of phenolic OH excluding ortho intramolecular Hbond substituents is 2. The Morgan fingerprint density at radius 1 is 1.04 bits per heavy atom. The molecule has 0 atom stereocenters. The van der Waals surface area contributed by atoms with Gasteiger partial charge in [-0.3, -0.25) is 0 Å². The largest absolute Gasteiger partial charge is 0.508 e. The van der Waals surface area contributed by atoms with E-state index in [0.29, 0.717) is 5.56 Å². The van der Waals surface area contributed by atoms with Crippen LogP contribution < -0.4 is 0 Å². The van der Waals surface area contributed by atoms with E-state index in [0.717, 1.165) is 26.7 Å².